The largest absolute Gasteiger partial charge is 0.504 e. The van der Waals surface area contributed by atoms with E-state index in [4.69, 9.17) is 11.6 Å². The first-order chi connectivity index (χ1) is 13.0. The molecule has 3 aromatic rings. The van der Waals surface area contributed by atoms with E-state index in [1.165, 1.54) is 6.92 Å². The number of hydrogen-bond acceptors (Lipinski definition) is 4. The smallest absolute Gasteiger partial charge is 0.221 e. The third kappa shape index (κ3) is 4.17. The van der Waals surface area contributed by atoms with E-state index in [0.717, 1.165) is 5.52 Å². The maximum Gasteiger partial charge on any atom is 0.221 e. The van der Waals surface area contributed by atoms with Crippen LogP contribution in [0.3, 0.4) is 0 Å². The number of nitrogens with zero attached hydrogens (tertiary/aromatic N) is 2. The van der Waals surface area contributed by atoms with Crippen LogP contribution in [0, 0.1) is 11.3 Å². The summed E-state index contributed by atoms with van der Waals surface area (Å²) in [6.45, 7) is 1.32. The van der Waals surface area contributed by atoms with Gasteiger partial charge in [-0.3, -0.25) is 4.79 Å². The number of halogens is 1. The topological polar surface area (TPSA) is 102 Å². The molecule has 1 aromatic heterocycles. The van der Waals surface area contributed by atoms with Crippen LogP contribution in [0.2, 0.25) is 5.02 Å². The Morgan fingerprint density at radius 2 is 1.96 bits per heavy atom. The third-order valence-electron chi connectivity index (χ3n) is 3.72. The second-order valence-corrected chi connectivity index (χ2v) is 6.17. The Morgan fingerprint density at radius 3 is 2.59 bits per heavy atom. The summed E-state index contributed by atoms with van der Waals surface area (Å²) >= 11 is 5.88. The quantitative estimate of drug-likeness (QED) is 0.360. The zero-order valence-corrected chi connectivity index (χ0v) is 15.1. The average molecular weight is 379 g/mol. The lowest BCUT2D eigenvalue weighted by molar-refractivity contribution is -0.118. The van der Waals surface area contributed by atoms with Crippen LogP contribution in [0.1, 0.15) is 18.3 Å². The maximum absolute atomic E-state index is 11.6. The fourth-order valence-corrected chi connectivity index (χ4v) is 2.63. The molecule has 0 atom stereocenters. The Morgan fingerprint density at radius 1 is 1.26 bits per heavy atom. The summed E-state index contributed by atoms with van der Waals surface area (Å²) in [5.74, 6) is -0.561. The Kier molecular flexibility index (Phi) is 5.25. The van der Waals surface area contributed by atoms with Crippen molar-refractivity contribution in [3.8, 4) is 6.07 Å². The number of allylic oxidation sites excluding steroid dienone is 1. The van der Waals surface area contributed by atoms with Crippen LogP contribution in [0.5, 0.6) is 0 Å². The van der Waals surface area contributed by atoms with Crippen molar-refractivity contribution in [2.75, 3.05) is 0 Å². The summed E-state index contributed by atoms with van der Waals surface area (Å²) in [6, 6.07) is 16.0. The molecule has 7 heteroatoms. The van der Waals surface area contributed by atoms with Gasteiger partial charge in [0.1, 0.15) is 11.6 Å². The van der Waals surface area contributed by atoms with Gasteiger partial charge in [-0.25, -0.2) is 4.98 Å². The van der Waals surface area contributed by atoms with Crippen molar-refractivity contribution in [1.29, 1.82) is 5.26 Å². The van der Waals surface area contributed by atoms with Crippen molar-refractivity contribution >= 4 is 40.2 Å². The highest BCUT2D eigenvalue weighted by Crippen LogP contribution is 2.23. The highest BCUT2D eigenvalue weighted by molar-refractivity contribution is 6.30. The molecule has 2 aromatic carbocycles. The molecule has 1 amide bonds. The lowest BCUT2D eigenvalue weighted by Crippen LogP contribution is -2.21. The summed E-state index contributed by atoms with van der Waals surface area (Å²) in [7, 11) is 0. The Bertz CT molecular complexity index is 1070. The number of aromatic nitrogens is 2. The fourth-order valence-electron chi connectivity index (χ4n) is 2.50. The molecule has 134 valence electrons. The first-order valence-corrected chi connectivity index (χ1v) is 8.39. The third-order valence-corrected chi connectivity index (χ3v) is 3.97. The SMILES string of the molecule is CC(=O)NC(=Cc1ccc(Cl)cc1)C(O)=C(C#N)c1nc2ccccc2[nH]1. The number of aliphatic hydroxyl groups excluding tert-OH is 1. The number of imidazole rings is 1. The number of rotatable bonds is 4. The number of hydrogen-bond donors (Lipinski definition) is 3. The molecule has 27 heavy (non-hydrogen) atoms. The first-order valence-electron chi connectivity index (χ1n) is 8.01. The van der Waals surface area contributed by atoms with Crippen LogP contribution < -0.4 is 5.32 Å². The minimum absolute atomic E-state index is 0.0832. The number of H-pyrrole nitrogens is 1. The molecule has 0 unspecified atom stereocenters. The van der Waals surface area contributed by atoms with Gasteiger partial charge < -0.3 is 15.4 Å². The van der Waals surface area contributed by atoms with E-state index in [9.17, 15) is 15.2 Å². The van der Waals surface area contributed by atoms with Gasteiger partial charge in [0.15, 0.2) is 11.6 Å². The van der Waals surface area contributed by atoms with E-state index in [2.05, 4.69) is 15.3 Å². The molecule has 0 fully saturated rings. The molecule has 0 aliphatic carbocycles. The van der Waals surface area contributed by atoms with E-state index in [-0.39, 0.29) is 28.8 Å². The molecule has 0 radical (unpaired) electrons. The van der Waals surface area contributed by atoms with E-state index >= 15 is 0 Å². The number of nitriles is 1. The molecule has 3 rings (SSSR count). The molecule has 0 aliphatic rings. The van der Waals surface area contributed by atoms with Crippen LogP contribution >= 0.6 is 11.6 Å². The molecule has 0 bridgehead atoms. The lowest BCUT2D eigenvalue weighted by atomic mass is 10.1. The van der Waals surface area contributed by atoms with Gasteiger partial charge in [0.2, 0.25) is 5.91 Å². The number of carbonyl (C=O) groups excluding carboxylic acids is 1. The number of amides is 1. The van der Waals surface area contributed by atoms with Crippen LogP contribution in [0.15, 0.2) is 60.0 Å². The lowest BCUT2D eigenvalue weighted by Gasteiger charge is -2.09. The Labute approximate surface area is 160 Å². The second-order valence-electron chi connectivity index (χ2n) is 5.73. The highest BCUT2D eigenvalue weighted by Gasteiger charge is 2.17. The second kappa shape index (κ2) is 7.77. The van der Waals surface area contributed by atoms with Gasteiger partial charge in [0, 0.05) is 11.9 Å². The monoisotopic (exact) mass is 378 g/mol. The van der Waals surface area contributed by atoms with Crippen molar-refractivity contribution in [2.24, 2.45) is 0 Å². The van der Waals surface area contributed by atoms with Crippen molar-refractivity contribution in [3.05, 3.63) is 76.4 Å². The van der Waals surface area contributed by atoms with E-state index in [0.29, 0.717) is 16.1 Å². The van der Waals surface area contributed by atoms with Crippen LogP contribution in [-0.2, 0) is 4.79 Å². The Hall–Kier alpha value is -3.56. The molecule has 1 heterocycles. The van der Waals surface area contributed by atoms with Crippen molar-refractivity contribution in [3.63, 3.8) is 0 Å². The summed E-state index contributed by atoms with van der Waals surface area (Å²) in [6.07, 6.45) is 1.55. The normalized spacial score (nSPS) is 12.4. The molecule has 0 aliphatic heterocycles. The minimum atomic E-state index is -0.387. The van der Waals surface area contributed by atoms with Gasteiger partial charge in [-0.05, 0) is 35.9 Å². The predicted octanol–water partition coefficient (Wildman–Crippen LogP) is 4.19. The number of carbonyl (C=O) groups is 1. The minimum Gasteiger partial charge on any atom is -0.504 e. The van der Waals surface area contributed by atoms with E-state index in [1.54, 1.807) is 36.4 Å². The average Bonchev–Trinajstić information content (AvgIpc) is 3.06. The standard InChI is InChI=1S/C20H15ClN4O2/c1-12(26)23-18(10-13-6-8-14(21)9-7-13)19(27)15(11-22)20-24-16-4-2-3-5-17(16)25-20/h2-10,27H,1H3,(H,23,26)(H,24,25). The number of nitrogens with one attached hydrogen (secondary N) is 2. The molecule has 0 spiro atoms. The molecule has 3 N–H and O–H groups in total. The first kappa shape index (κ1) is 18.2. The highest BCUT2D eigenvalue weighted by atomic mass is 35.5. The predicted molar refractivity (Wildman–Crippen MR) is 105 cm³/mol. The Balaban J connectivity index is 2.11. The van der Waals surface area contributed by atoms with Gasteiger partial charge in [-0.2, -0.15) is 5.26 Å². The number of fused-ring (bicyclic) bond motifs is 1. The van der Waals surface area contributed by atoms with Crippen molar-refractivity contribution < 1.29 is 9.90 Å². The van der Waals surface area contributed by atoms with Crippen LogP contribution in [0.25, 0.3) is 22.7 Å². The van der Waals surface area contributed by atoms with E-state index < -0.39 is 0 Å². The number of aliphatic hydroxyl groups is 1. The van der Waals surface area contributed by atoms with Gasteiger partial charge >= 0.3 is 0 Å². The molecule has 6 nitrogen and oxygen atoms in total. The zero-order valence-electron chi connectivity index (χ0n) is 14.3. The molecule has 0 saturated heterocycles. The number of aromatic amines is 1. The molecular formula is C20H15ClN4O2. The van der Waals surface area contributed by atoms with Crippen LogP contribution in [-0.4, -0.2) is 21.0 Å². The number of para-hydroxylation sites is 2. The summed E-state index contributed by atoms with van der Waals surface area (Å²) in [4.78, 5) is 18.9. The summed E-state index contributed by atoms with van der Waals surface area (Å²) < 4.78 is 0. The van der Waals surface area contributed by atoms with Gasteiger partial charge in [0.05, 0.1) is 16.7 Å². The molecular weight excluding hydrogens is 364 g/mol. The number of benzene rings is 2. The van der Waals surface area contributed by atoms with Gasteiger partial charge in [0.25, 0.3) is 0 Å². The van der Waals surface area contributed by atoms with Crippen molar-refractivity contribution in [1.82, 2.24) is 15.3 Å². The van der Waals surface area contributed by atoms with Crippen LogP contribution in [0.4, 0.5) is 0 Å². The fraction of sp³-hybridized carbons (Fsp3) is 0.0500. The summed E-state index contributed by atoms with van der Waals surface area (Å²) in [5, 5.41) is 23.4. The van der Waals surface area contributed by atoms with Gasteiger partial charge in [-0.1, -0.05) is 35.9 Å². The van der Waals surface area contributed by atoms with Crippen molar-refractivity contribution in [2.45, 2.75) is 6.92 Å². The maximum atomic E-state index is 11.6. The molecule has 0 saturated carbocycles. The zero-order chi connectivity index (χ0) is 19.4. The van der Waals surface area contributed by atoms with Gasteiger partial charge in [-0.15, -0.1) is 0 Å². The van der Waals surface area contributed by atoms with E-state index in [1.807, 2.05) is 24.3 Å². The summed E-state index contributed by atoms with van der Waals surface area (Å²) in [5.41, 5.74) is 2.09.